The summed E-state index contributed by atoms with van der Waals surface area (Å²) in [4.78, 5) is 2.47. The van der Waals surface area contributed by atoms with Crippen LogP contribution in [0, 0.1) is 5.92 Å². The molecular formula is C17H27NO2. The van der Waals surface area contributed by atoms with Gasteiger partial charge in [-0.1, -0.05) is 25.5 Å². The van der Waals surface area contributed by atoms with Crippen molar-refractivity contribution in [1.82, 2.24) is 4.90 Å². The lowest BCUT2D eigenvalue weighted by Crippen LogP contribution is -2.34. The van der Waals surface area contributed by atoms with Crippen molar-refractivity contribution < 1.29 is 9.84 Å². The van der Waals surface area contributed by atoms with E-state index in [4.69, 9.17) is 9.84 Å². The number of ether oxygens (including phenoxy) is 1. The number of unbranched alkanes of at least 4 members (excludes halogenated alkanes) is 1. The Kier molecular flexibility index (Phi) is 6.34. The lowest BCUT2D eigenvalue weighted by molar-refractivity contribution is 0.127. The molecule has 0 aromatic heterocycles. The van der Waals surface area contributed by atoms with Crippen molar-refractivity contribution in [2.45, 2.75) is 39.2 Å². The van der Waals surface area contributed by atoms with Crippen molar-refractivity contribution in [2.75, 3.05) is 26.3 Å². The Morgan fingerprint density at radius 3 is 2.50 bits per heavy atom. The van der Waals surface area contributed by atoms with E-state index in [1.165, 1.54) is 12.0 Å². The average Bonchev–Trinajstić information content (AvgIpc) is 2.50. The van der Waals surface area contributed by atoms with Crippen LogP contribution in [0.3, 0.4) is 0 Å². The van der Waals surface area contributed by atoms with Crippen molar-refractivity contribution in [3.8, 4) is 5.75 Å². The number of hydrogen-bond acceptors (Lipinski definition) is 3. The first-order valence-electron chi connectivity index (χ1n) is 7.86. The summed E-state index contributed by atoms with van der Waals surface area (Å²) in [7, 11) is 0. The highest BCUT2D eigenvalue weighted by molar-refractivity contribution is 5.27. The van der Waals surface area contributed by atoms with Gasteiger partial charge in [0.25, 0.3) is 0 Å². The van der Waals surface area contributed by atoms with Gasteiger partial charge in [0.15, 0.2) is 0 Å². The summed E-state index contributed by atoms with van der Waals surface area (Å²) >= 11 is 0. The third kappa shape index (κ3) is 4.80. The number of aliphatic hydroxyl groups is 1. The average molecular weight is 277 g/mol. The molecule has 0 saturated carbocycles. The van der Waals surface area contributed by atoms with E-state index in [1.807, 2.05) is 0 Å². The molecule has 0 aliphatic carbocycles. The molecule has 112 valence electrons. The van der Waals surface area contributed by atoms with Gasteiger partial charge >= 0.3 is 0 Å². The third-order valence-electron chi connectivity index (χ3n) is 4.06. The summed E-state index contributed by atoms with van der Waals surface area (Å²) in [5.41, 5.74) is 1.34. The molecule has 20 heavy (non-hydrogen) atoms. The number of hydrogen-bond donors (Lipinski definition) is 1. The molecule has 0 amide bonds. The number of rotatable bonds is 7. The highest BCUT2D eigenvalue weighted by Crippen LogP contribution is 2.19. The molecule has 1 aromatic rings. The SMILES string of the molecule is CCCCOc1ccc(CN2CCC(CO)CC2)cc1. The molecule has 0 spiro atoms. The Balaban J connectivity index is 1.76. The van der Waals surface area contributed by atoms with E-state index in [-0.39, 0.29) is 0 Å². The Hall–Kier alpha value is -1.06. The molecular weight excluding hydrogens is 250 g/mol. The predicted molar refractivity (Wildman–Crippen MR) is 81.9 cm³/mol. The second-order valence-electron chi connectivity index (χ2n) is 5.75. The first kappa shape index (κ1) is 15.3. The van der Waals surface area contributed by atoms with Gasteiger partial charge in [-0.05, 0) is 56.0 Å². The predicted octanol–water partition coefficient (Wildman–Crippen LogP) is 3.07. The second-order valence-corrected chi connectivity index (χ2v) is 5.75. The molecule has 0 bridgehead atoms. The number of nitrogens with zero attached hydrogens (tertiary/aromatic N) is 1. The summed E-state index contributed by atoms with van der Waals surface area (Å²) in [6.07, 6.45) is 4.52. The van der Waals surface area contributed by atoms with Gasteiger partial charge in [0.1, 0.15) is 5.75 Å². The smallest absolute Gasteiger partial charge is 0.119 e. The van der Waals surface area contributed by atoms with Crippen molar-refractivity contribution in [2.24, 2.45) is 5.92 Å². The van der Waals surface area contributed by atoms with Gasteiger partial charge in [0.05, 0.1) is 6.61 Å². The lowest BCUT2D eigenvalue weighted by atomic mass is 9.97. The lowest BCUT2D eigenvalue weighted by Gasteiger charge is -2.31. The Bertz CT molecular complexity index is 369. The highest BCUT2D eigenvalue weighted by atomic mass is 16.5. The summed E-state index contributed by atoms with van der Waals surface area (Å²) in [6.45, 7) is 6.53. The molecule has 1 aliphatic rings. The van der Waals surface area contributed by atoms with Crippen LogP contribution in [0.5, 0.6) is 5.75 Å². The monoisotopic (exact) mass is 277 g/mol. The largest absolute Gasteiger partial charge is 0.494 e. The molecule has 1 aromatic carbocycles. The van der Waals surface area contributed by atoms with Crippen LogP contribution in [-0.2, 0) is 6.54 Å². The maximum absolute atomic E-state index is 9.15. The molecule has 1 saturated heterocycles. The standard InChI is InChI=1S/C17H27NO2/c1-2-3-12-20-17-6-4-15(5-7-17)13-18-10-8-16(14-19)9-11-18/h4-7,16,19H,2-3,8-14H2,1H3. The summed E-state index contributed by atoms with van der Waals surface area (Å²) in [5, 5.41) is 9.15. The van der Waals surface area contributed by atoms with E-state index in [2.05, 4.69) is 36.1 Å². The first-order valence-corrected chi connectivity index (χ1v) is 7.86. The fourth-order valence-corrected chi connectivity index (χ4v) is 2.61. The number of aliphatic hydroxyl groups excluding tert-OH is 1. The second kappa shape index (κ2) is 8.28. The Morgan fingerprint density at radius 1 is 1.20 bits per heavy atom. The normalized spacial score (nSPS) is 17.3. The van der Waals surface area contributed by atoms with Gasteiger partial charge in [0, 0.05) is 13.2 Å². The van der Waals surface area contributed by atoms with Gasteiger partial charge < -0.3 is 9.84 Å². The van der Waals surface area contributed by atoms with E-state index in [1.54, 1.807) is 0 Å². The van der Waals surface area contributed by atoms with Crippen LogP contribution >= 0.6 is 0 Å². The zero-order valence-corrected chi connectivity index (χ0v) is 12.6. The number of likely N-dealkylation sites (tertiary alicyclic amines) is 1. The van der Waals surface area contributed by atoms with E-state index >= 15 is 0 Å². The zero-order valence-electron chi connectivity index (χ0n) is 12.6. The van der Waals surface area contributed by atoms with Gasteiger partial charge in [0.2, 0.25) is 0 Å². The van der Waals surface area contributed by atoms with E-state index in [9.17, 15) is 0 Å². The minimum Gasteiger partial charge on any atom is -0.494 e. The number of benzene rings is 1. The van der Waals surface area contributed by atoms with Crippen molar-refractivity contribution >= 4 is 0 Å². The topological polar surface area (TPSA) is 32.7 Å². The molecule has 1 N–H and O–H groups in total. The summed E-state index contributed by atoms with van der Waals surface area (Å²) in [5.74, 6) is 1.49. The van der Waals surface area contributed by atoms with Crippen LogP contribution in [0.2, 0.25) is 0 Å². The molecule has 3 nitrogen and oxygen atoms in total. The Morgan fingerprint density at radius 2 is 1.90 bits per heavy atom. The molecule has 2 rings (SSSR count). The van der Waals surface area contributed by atoms with E-state index < -0.39 is 0 Å². The van der Waals surface area contributed by atoms with Gasteiger partial charge in [-0.3, -0.25) is 4.90 Å². The molecule has 1 heterocycles. The quantitative estimate of drug-likeness (QED) is 0.778. The maximum Gasteiger partial charge on any atom is 0.119 e. The number of piperidine rings is 1. The fraction of sp³-hybridized carbons (Fsp3) is 0.647. The van der Waals surface area contributed by atoms with E-state index in [0.29, 0.717) is 12.5 Å². The minimum absolute atomic E-state index is 0.345. The van der Waals surface area contributed by atoms with Crippen LogP contribution in [0.15, 0.2) is 24.3 Å². The van der Waals surface area contributed by atoms with Crippen molar-refractivity contribution in [3.05, 3.63) is 29.8 Å². The van der Waals surface area contributed by atoms with Crippen LogP contribution in [0.1, 0.15) is 38.2 Å². The third-order valence-corrected chi connectivity index (χ3v) is 4.06. The molecule has 1 fully saturated rings. The van der Waals surface area contributed by atoms with Crippen molar-refractivity contribution in [1.29, 1.82) is 0 Å². The van der Waals surface area contributed by atoms with Gasteiger partial charge in [-0.15, -0.1) is 0 Å². The van der Waals surface area contributed by atoms with Gasteiger partial charge in [-0.25, -0.2) is 0 Å². The zero-order chi connectivity index (χ0) is 14.2. The van der Waals surface area contributed by atoms with E-state index in [0.717, 1.165) is 51.3 Å². The molecule has 1 aliphatic heterocycles. The van der Waals surface area contributed by atoms with Crippen LogP contribution in [-0.4, -0.2) is 36.3 Å². The molecule has 3 heteroatoms. The first-order chi connectivity index (χ1) is 9.81. The molecule has 0 radical (unpaired) electrons. The van der Waals surface area contributed by atoms with Crippen molar-refractivity contribution in [3.63, 3.8) is 0 Å². The highest BCUT2D eigenvalue weighted by Gasteiger charge is 2.18. The molecule has 0 unspecified atom stereocenters. The summed E-state index contributed by atoms with van der Waals surface area (Å²) < 4.78 is 5.68. The maximum atomic E-state index is 9.15. The summed E-state index contributed by atoms with van der Waals surface area (Å²) in [6, 6.07) is 8.48. The minimum atomic E-state index is 0.345. The fourth-order valence-electron chi connectivity index (χ4n) is 2.61. The van der Waals surface area contributed by atoms with Crippen LogP contribution < -0.4 is 4.74 Å². The Labute approximate surface area is 122 Å². The molecule has 0 atom stereocenters. The van der Waals surface area contributed by atoms with Crippen LogP contribution in [0.25, 0.3) is 0 Å². The van der Waals surface area contributed by atoms with Gasteiger partial charge in [-0.2, -0.15) is 0 Å². The van der Waals surface area contributed by atoms with Crippen LogP contribution in [0.4, 0.5) is 0 Å².